The molecule has 0 atom stereocenters. The van der Waals surface area contributed by atoms with Crippen molar-refractivity contribution in [1.29, 1.82) is 0 Å². The largest absolute Gasteiger partial charge is 0.207 e. The molecule has 0 aromatic heterocycles. The zero-order valence-electron chi connectivity index (χ0n) is 12.0. The fraction of sp³-hybridized carbons (Fsp3) is 0.625. The summed E-state index contributed by atoms with van der Waals surface area (Å²) >= 11 is 0. The standard InChI is InChI=1S/C16H25F/c1-15(2,3)10-9-12-11-13(17)7-8-14(12)16(4,5)6/h7-8,11H,9-10H2,1-6H3. The second-order valence-corrected chi connectivity index (χ2v) is 7.11. The van der Waals surface area contributed by atoms with Crippen LogP contribution in [0.2, 0.25) is 0 Å². The first-order valence-corrected chi connectivity index (χ1v) is 6.38. The van der Waals surface area contributed by atoms with Crippen LogP contribution < -0.4 is 0 Å². The van der Waals surface area contributed by atoms with Gasteiger partial charge in [-0.05, 0) is 46.9 Å². The van der Waals surface area contributed by atoms with Gasteiger partial charge in [-0.1, -0.05) is 47.6 Å². The third-order valence-corrected chi connectivity index (χ3v) is 3.02. The molecule has 0 unspecified atom stereocenters. The summed E-state index contributed by atoms with van der Waals surface area (Å²) in [6, 6.07) is 5.21. The van der Waals surface area contributed by atoms with Gasteiger partial charge in [-0.25, -0.2) is 4.39 Å². The third kappa shape index (κ3) is 4.49. The monoisotopic (exact) mass is 236 g/mol. The minimum atomic E-state index is -0.123. The van der Waals surface area contributed by atoms with Crippen molar-refractivity contribution < 1.29 is 4.39 Å². The highest BCUT2D eigenvalue weighted by molar-refractivity contribution is 5.33. The zero-order valence-corrected chi connectivity index (χ0v) is 12.0. The highest BCUT2D eigenvalue weighted by Crippen LogP contribution is 2.29. The van der Waals surface area contributed by atoms with Crippen LogP contribution >= 0.6 is 0 Å². The molecule has 0 radical (unpaired) electrons. The Balaban J connectivity index is 3.00. The molecule has 0 aliphatic carbocycles. The Morgan fingerprint density at radius 1 is 1.00 bits per heavy atom. The number of hydrogen-bond acceptors (Lipinski definition) is 0. The molecule has 0 bridgehead atoms. The van der Waals surface area contributed by atoms with Gasteiger partial charge in [0, 0.05) is 0 Å². The van der Waals surface area contributed by atoms with Crippen molar-refractivity contribution in [2.45, 2.75) is 59.8 Å². The molecule has 0 N–H and O–H groups in total. The van der Waals surface area contributed by atoms with Gasteiger partial charge < -0.3 is 0 Å². The molecule has 1 heteroatoms. The molecule has 1 aromatic carbocycles. The maximum absolute atomic E-state index is 13.4. The van der Waals surface area contributed by atoms with Crippen molar-refractivity contribution in [1.82, 2.24) is 0 Å². The van der Waals surface area contributed by atoms with Gasteiger partial charge in [0.25, 0.3) is 0 Å². The maximum Gasteiger partial charge on any atom is 0.123 e. The molecule has 0 fully saturated rings. The summed E-state index contributed by atoms with van der Waals surface area (Å²) in [4.78, 5) is 0. The van der Waals surface area contributed by atoms with Crippen LogP contribution in [0.1, 0.15) is 59.1 Å². The molecule has 0 saturated heterocycles. The quantitative estimate of drug-likeness (QED) is 0.670. The predicted molar refractivity (Wildman–Crippen MR) is 72.9 cm³/mol. The first-order valence-electron chi connectivity index (χ1n) is 6.38. The predicted octanol–water partition coefficient (Wildman–Crippen LogP) is 5.10. The Hall–Kier alpha value is -0.850. The van der Waals surface area contributed by atoms with Crippen molar-refractivity contribution >= 4 is 0 Å². The lowest BCUT2D eigenvalue weighted by atomic mass is 9.80. The zero-order chi connectivity index (χ0) is 13.3. The lowest BCUT2D eigenvalue weighted by molar-refractivity contribution is 0.376. The molecule has 1 rings (SSSR count). The summed E-state index contributed by atoms with van der Waals surface area (Å²) < 4.78 is 13.4. The molecule has 0 amide bonds. The second kappa shape index (κ2) is 4.80. The van der Waals surface area contributed by atoms with Gasteiger partial charge in [-0.3, -0.25) is 0 Å². The molecular weight excluding hydrogens is 211 g/mol. The second-order valence-electron chi connectivity index (χ2n) is 7.11. The SMILES string of the molecule is CC(C)(C)CCc1cc(F)ccc1C(C)(C)C. The molecule has 0 saturated carbocycles. The van der Waals surface area contributed by atoms with Crippen LogP contribution in [0.3, 0.4) is 0 Å². The Bertz CT molecular complexity index is 377. The van der Waals surface area contributed by atoms with E-state index in [4.69, 9.17) is 0 Å². The molecule has 0 spiro atoms. The number of halogens is 1. The first kappa shape index (κ1) is 14.2. The van der Waals surface area contributed by atoms with Crippen molar-refractivity contribution in [3.8, 4) is 0 Å². The Morgan fingerprint density at radius 2 is 1.59 bits per heavy atom. The van der Waals surface area contributed by atoms with E-state index in [1.807, 2.05) is 6.07 Å². The Labute approximate surface area is 105 Å². The van der Waals surface area contributed by atoms with Crippen molar-refractivity contribution in [2.24, 2.45) is 5.41 Å². The molecule has 0 nitrogen and oxygen atoms in total. The van der Waals surface area contributed by atoms with Crippen molar-refractivity contribution in [3.05, 3.63) is 35.1 Å². The topological polar surface area (TPSA) is 0 Å². The number of hydrogen-bond donors (Lipinski definition) is 0. The first-order chi connectivity index (χ1) is 7.59. The molecule has 96 valence electrons. The molecule has 0 heterocycles. The van der Waals surface area contributed by atoms with E-state index in [0.717, 1.165) is 18.4 Å². The van der Waals surface area contributed by atoms with E-state index in [1.165, 1.54) is 5.56 Å². The third-order valence-electron chi connectivity index (χ3n) is 3.02. The molecule has 1 aromatic rings. The van der Waals surface area contributed by atoms with Gasteiger partial charge >= 0.3 is 0 Å². The van der Waals surface area contributed by atoms with E-state index in [0.29, 0.717) is 5.41 Å². The van der Waals surface area contributed by atoms with Crippen molar-refractivity contribution in [2.75, 3.05) is 0 Å². The van der Waals surface area contributed by atoms with Crippen molar-refractivity contribution in [3.63, 3.8) is 0 Å². The summed E-state index contributed by atoms with van der Waals surface area (Å²) in [6.07, 6.45) is 2.04. The van der Waals surface area contributed by atoms with Crippen LogP contribution in [-0.2, 0) is 11.8 Å². The van der Waals surface area contributed by atoms with Gasteiger partial charge in [0.15, 0.2) is 0 Å². The minimum Gasteiger partial charge on any atom is -0.207 e. The number of benzene rings is 1. The molecule has 0 aliphatic rings. The minimum absolute atomic E-state index is 0.0842. The number of aryl methyl sites for hydroxylation is 1. The molecule has 0 aliphatic heterocycles. The normalized spacial score (nSPS) is 12.9. The van der Waals surface area contributed by atoms with Gasteiger partial charge in [-0.2, -0.15) is 0 Å². The van der Waals surface area contributed by atoms with E-state index in [9.17, 15) is 4.39 Å². The van der Waals surface area contributed by atoms with E-state index in [1.54, 1.807) is 12.1 Å². The van der Waals surface area contributed by atoms with Gasteiger partial charge in [0.1, 0.15) is 5.82 Å². The summed E-state index contributed by atoms with van der Waals surface area (Å²) in [5.74, 6) is -0.123. The average molecular weight is 236 g/mol. The van der Waals surface area contributed by atoms with Gasteiger partial charge in [-0.15, -0.1) is 0 Å². The highest BCUT2D eigenvalue weighted by atomic mass is 19.1. The fourth-order valence-electron chi connectivity index (χ4n) is 2.01. The van der Waals surface area contributed by atoms with E-state index >= 15 is 0 Å². The van der Waals surface area contributed by atoms with Crippen LogP contribution in [0, 0.1) is 11.2 Å². The maximum atomic E-state index is 13.4. The molecule has 17 heavy (non-hydrogen) atoms. The average Bonchev–Trinajstić information content (AvgIpc) is 2.11. The smallest absolute Gasteiger partial charge is 0.123 e. The fourth-order valence-corrected chi connectivity index (χ4v) is 2.01. The Morgan fingerprint density at radius 3 is 2.06 bits per heavy atom. The summed E-state index contributed by atoms with van der Waals surface area (Å²) in [5, 5.41) is 0. The summed E-state index contributed by atoms with van der Waals surface area (Å²) in [7, 11) is 0. The van der Waals surface area contributed by atoms with Gasteiger partial charge in [0.05, 0.1) is 0 Å². The molecular formula is C16H25F. The van der Waals surface area contributed by atoms with Crippen LogP contribution in [0.25, 0.3) is 0 Å². The van der Waals surface area contributed by atoms with Crippen LogP contribution in [0.4, 0.5) is 4.39 Å². The van der Waals surface area contributed by atoms with Crippen LogP contribution in [-0.4, -0.2) is 0 Å². The Kier molecular flexibility index (Phi) is 4.01. The lowest BCUT2D eigenvalue weighted by Crippen LogP contribution is -2.16. The van der Waals surface area contributed by atoms with Crippen LogP contribution in [0.5, 0.6) is 0 Å². The van der Waals surface area contributed by atoms with E-state index in [2.05, 4.69) is 41.5 Å². The van der Waals surface area contributed by atoms with E-state index < -0.39 is 0 Å². The lowest BCUT2D eigenvalue weighted by Gasteiger charge is -2.25. The summed E-state index contributed by atoms with van der Waals surface area (Å²) in [5.41, 5.74) is 2.80. The van der Waals surface area contributed by atoms with Gasteiger partial charge in [0.2, 0.25) is 0 Å². The number of rotatable bonds is 2. The summed E-state index contributed by atoms with van der Waals surface area (Å²) in [6.45, 7) is 13.2. The van der Waals surface area contributed by atoms with E-state index in [-0.39, 0.29) is 11.2 Å². The van der Waals surface area contributed by atoms with Crippen LogP contribution in [0.15, 0.2) is 18.2 Å². The highest BCUT2D eigenvalue weighted by Gasteiger charge is 2.19.